The summed E-state index contributed by atoms with van der Waals surface area (Å²) in [5.41, 5.74) is -0.330. The van der Waals surface area contributed by atoms with Crippen LogP contribution in [0.15, 0.2) is 48.8 Å². The molecule has 0 bridgehead atoms. The molecule has 0 aliphatic rings. The maximum atomic E-state index is 14.7. The molecule has 31 heavy (non-hydrogen) atoms. The lowest BCUT2D eigenvalue weighted by molar-refractivity contribution is 0.431. The first-order valence-corrected chi connectivity index (χ1v) is 9.44. The number of nitrogens with zero attached hydrogens (tertiary/aromatic N) is 2. The van der Waals surface area contributed by atoms with Crippen LogP contribution in [0.1, 0.15) is 22.7 Å². The summed E-state index contributed by atoms with van der Waals surface area (Å²) >= 11 is 5.91. The number of pyridine rings is 2. The monoisotopic (exact) mass is 447 g/mol. The van der Waals surface area contributed by atoms with Gasteiger partial charge in [-0.2, -0.15) is 0 Å². The topological polar surface area (TPSA) is 58.0 Å². The van der Waals surface area contributed by atoms with Crippen molar-refractivity contribution in [3.63, 3.8) is 0 Å². The van der Waals surface area contributed by atoms with Gasteiger partial charge in [0.25, 0.3) is 0 Å². The summed E-state index contributed by atoms with van der Waals surface area (Å²) in [7, 11) is 0. The normalized spacial score (nSPS) is 12.2. The number of aryl methyl sites for hydroxylation is 1. The molecule has 0 fully saturated rings. The van der Waals surface area contributed by atoms with Crippen LogP contribution in [0, 0.1) is 30.2 Å². The lowest BCUT2D eigenvalue weighted by Crippen LogP contribution is -2.19. The van der Waals surface area contributed by atoms with Crippen molar-refractivity contribution >= 4 is 28.3 Å². The number of hydrogen-bond acceptors (Lipinski definition) is 4. The van der Waals surface area contributed by atoms with Crippen molar-refractivity contribution in [2.45, 2.75) is 13.0 Å². The summed E-state index contributed by atoms with van der Waals surface area (Å²) < 4.78 is 57.5. The molecule has 4 aromatic rings. The molecule has 0 spiro atoms. The Kier molecular flexibility index (Phi) is 5.41. The molecule has 0 saturated heterocycles. The van der Waals surface area contributed by atoms with E-state index in [4.69, 9.17) is 11.6 Å². The van der Waals surface area contributed by atoms with Gasteiger partial charge in [-0.25, -0.2) is 22.5 Å². The number of aromatic hydroxyl groups is 1. The van der Waals surface area contributed by atoms with E-state index in [2.05, 4.69) is 15.3 Å². The number of nitrogens with one attached hydrogen (secondary N) is 1. The van der Waals surface area contributed by atoms with Gasteiger partial charge in [-0.3, -0.25) is 4.98 Å². The van der Waals surface area contributed by atoms with E-state index >= 15 is 0 Å². The average Bonchev–Trinajstić information content (AvgIpc) is 2.74. The Morgan fingerprint density at radius 2 is 1.71 bits per heavy atom. The van der Waals surface area contributed by atoms with Crippen LogP contribution in [-0.4, -0.2) is 15.1 Å². The first-order chi connectivity index (χ1) is 14.8. The van der Waals surface area contributed by atoms with Crippen LogP contribution in [0.4, 0.5) is 23.4 Å². The molecule has 158 valence electrons. The fraction of sp³-hybridized carbons (Fsp3) is 0.0909. The fourth-order valence-corrected chi connectivity index (χ4v) is 3.57. The zero-order valence-electron chi connectivity index (χ0n) is 15.9. The van der Waals surface area contributed by atoms with Crippen molar-refractivity contribution in [3.8, 4) is 5.75 Å². The largest absolute Gasteiger partial charge is 0.505 e. The number of fused-ring (bicyclic) bond motifs is 1. The highest BCUT2D eigenvalue weighted by Crippen LogP contribution is 2.39. The Bertz CT molecular complexity index is 1290. The molecule has 2 aromatic heterocycles. The van der Waals surface area contributed by atoms with E-state index in [1.54, 1.807) is 31.2 Å². The Hall–Kier alpha value is -3.39. The molecular formula is C22H14ClF4N3O. The molecule has 2 N–H and O–H groups in total. The lowest BCUT2D eigenvalue weighted by atomic mass is 9.94. The van der Waals surface area contributed by atoms with E-state index in [1.165, 1.54) is 18.5 Å². The number of aromatic nitrogens is 2. The van der Waals surface area contributed by atoms with Crippen molar-refractivity contribution in [2.24, 2.45) is 0 Å². The van der Waals surface area contributed by atoms with Gasteiger partial charge < -0.3 is 10.4 Å². The number of phenolic OH excluding ortho intramolecular Hbond substituents is 1. The van der Waals surface area contributed by atoms with Crippen molar-refractivity contribution in [1.29, 1.82) is 0 Å². The third-order valence-corrected chi connectivity index (χ3v) is 5.06. The smallest absolute Gasteiger partial charge is 0.167 e. The minimum absolute atomic E-state index is 0.0508. The van der Waals surface area contributed by atoms with E-state index in [1.807, 2.05) is 0 Å². The third kappa shape index (κ3) is 3.74. The number of hydrogen-bond donors (Lipinski definition) is 2. The summed E-state index contributed by atoms with van der Waals surface area (Å²) in [6.07, 6.45) is 2.73. The van der Waals surface area contributed by atoms with Gasteiger partial charge in [0.2, 0.25) is 0 Å². The van der Waals surface area contributed by atoms with Gasteiger partial charge >= 0.3 is 0 Å². The molecule has 0 saturated carbocycles. The van der Waals surface area contributed by atoms with Crippen LogP contribution in [0.3, 0.4) is 0 Å². The zero-order valence-corrected chi connectivity index (χ0v) is 16.7. The van der Waals surface area contributed by atoms with Gasteiger partial charge in [-0.05, 0) is 24.6 Å². The summed E-state index contributed by atoms with van der Waals surface area (Å²) in [6, 6.07) is 6.43. The third-order valence-electron chi connectivity index (χ3n) is 4.85. The van der Waals surface area contributed by atoms with Crippen LogP contribution in [0.5, 0.6) is 5.75 Å². The van der Waals surface area contributed by atoms with Gasteiger partial charge in [-0.1, -0.05) is 29.8 Å². The summed E-state index contributed by atoms with van der Waals surface area (Å²) in [6.45, 7) is 1.64. The minimum atomic E-state index is -1.59. The van der Waals surface area contributed by atoms with E-state index in [0.29, 0.717) is 16.0 Å². The Morgan fingerprint density at radius 3 is 2.39 bits per heavy atom. The molecule has 1 unspecified atom stereocenters. The van der Waals surface area contributed by atoms with Crippen molar-refractivity contribution in [3.05, 3.63) is 93.8 Å². The van der Waals surface area contributed by atoms with Crippen molar-refractivity contribution in [1.82, 2.24) is 9.97 Å². The number of anilines is 1. The average molecular weight is 448 g/mol. The second kappa shape index (κ2) is 8.03. The van der Waals surface area contributed by atoms with Gasteiger partial charge in [0.15, 0.2) is 23.3 Å². The lowest BCUT2D eigenvalue weighted by Gasteiger charge is -2.24. The van der Waals surface area contributed by atoms with Crippen molar-refractivity contribution in [2.75, 3.05) is 5.32 Å². The van der Waals surface area contributed by atoms with Crippen molar-refractivity contribution < 1.29 is 22.7 Å². The first kappa shape index (κ1) is 20.9. The number of phenols is 1. The van der Waals surface area contributed by atoms with E-state index in [-0.39, 0.29) is 23.0 Å². The second-order valence-electron chi connectivity index (χ2n) is 6.86. The molecule has 9 heteroatoms. The standard InChI is InChI=1S/C22H14ClF4N3O/c1-10-7-12(23)9-29-22(10)30-20(16-17(26)14(24)8-15(25)18(16)27)13-5-4-11-3-2-6-28-19(11)21(13)31/h2-9,20,31H,1H3,(H,29,30). The predicted molar refractivity (Wildman–Crippen MR) is 109 cm³/mol. The maximum Gasteiger partial charge on any atom is 0.167 e. The van der Waals surface area contributed by atoms with Crippen LogP contribution in [-0.2, 0) is 0 Å². The molecule has 4 nitrogen and oxygen atoms in total. The molecule has 1 atom stereocenters. The van der Waals surface area contributed by atoms with Gasteiger partial charge in [-0.15, -0.1) is 0 Å². The van der Waals surface area contributed by atoms with E-state index < -0.39 is 40.6 Å². The molecule has 2 aromatic carbocycles. The first-order valence-electron chi connectivity index (χ1n) is 9.06. The number of benzene rings is 2. The van der Waals surface area contributed by atoms with Crippen LogP contribution in [0.25, 0.3) is 10.9 Å². The molecule has 0 amide bonds. The quantitative estimate of drug-likeness (QED) is 0.295. The molecule has 2 heterocycles. The second-order valence-corrected chi connectivity index (χ2v) is 7.29. The molecule has 0 radical (unpaired) electrons. The van der Waals surface area contributed by atoms with E-state index in [9.17, 15) is 22.7 Å². The van der Waals surface area contributed by atoms with Gasteiger partial charge in [0.05, 0.1) is 16.6 Å². The predicted octanol–water partition coefficient (Wildman–Crippen LogP) is 6.06. The molecule has 0 aliphatic heterocycles. The summed E-state index contributed by atoms with van der Waals surface area (Å²) in [5, 5.41) is 14.5. The Morgan fingerprint density at radius 1 is 1.00 bits per heavy atom. The van der Waals surface area contributed by atoms with E-state index in [0.717, 1.165) is 0 Å². The SMILES string of the molecule is Cc1cc(Cl)cnc1NC(c1ccc2cccnc2c1O)c1c(F)c(F)cc(F)c1F. The summed E-state index contributed by atoms with van der Waals surface area (Å²) in [4.78, 5) is 8.18. The molecule has 0 aliphatic carbocycles. The molecular weight excluding hydrogens is 434 g/mol. The number of halogens is 5. The zero-order chi connectivity index (χ0) is 22.3. The van der Waals surface area contributed by atoms with Gasteiger partial charge in [0, 0.05) is 29.4 Å². The highest BCUT2D eigenvalue weighted by molar-refractivity contribution is 6.30. The molecule has 4 rings (SSSR count). The minimum Gasteiger partial charge on any atom is -0.505 e. The maximum absolute atomic E-state index is 14.7. The van der Waals surface area contributed by atoms with Gasteiger partial charge in [0.1, 0.15) is 17.1 Å². The van der Waals surface area contributed by atoms with Crippen LogP contribution >= 0.6 is 11.6 Å². The summed E-state index contributed by atoms with van der Waals surface area (Å²) in [5.74, 6) is -6.57. The highest BCUT2D eigenvalue weighted by Gasteiger charge is 2.30. The van der Waals surface area contributed by atoms with Crippen LogP contribution in [0.2, 0.25) is 5.02 Å². The highest BCUT2D eigenvalue weighted by atomic mass is 35.5. The Labute approximate surface area is 179 Å². The van der Waals surface area contributed by atoms with Crippen LogP contribution < -0.4 is 5.32 Å². The fourth-order valence-electron chi connectivity index (χ4n) is 3.36. The number of rotatable bonds is 4. The Balaban J connectivity index is 1.98.